The number of halogens is 1. The molecule has 0 spiro atoms. The quantitative estimate of drug-likeness (QED) is 0.284. The molecule has 0 aliphatic rings. The zero-order valence-electron chi connectivity index (χ0n) is 16.6. The van der Waals surface area contributed by atoms with Crippen LogP contribution in [0.5, 0.6) is 0 Å². The third-order valence-electron chi connectivity index (χ3n) is 4.63. The minimum absolute atomic E-state index is 0. The van der Waals surface area contributed by atoms with Crippen molar-refractivity contribution in [2.75, 3.05) is 0 Å². The molecule has 0 saturated heterocycles. The molecule has 0 aromatic heterocycles. The molecule has 4 aromatic rings. The molecule has 0 unspecified atom stereocenters. The molecule has 4 aromatic carbocycles. The van der Waals surface area contributed by atoms with E-state index in [2.05, 4.69) is 110 Å². The zero-order valence-corrected chi connectivity index (χ0v) is 19.8. The first-order chi connectivity index (χ1) is 14.3. The summed E-state index contributed by atoms with van der Waals surface area (Å²) in [5.41, 5.74) is 1.71. The Morgan fingerprint density at radius 2 is 1.16 bits per heavy atom. The van der Waals surface area contributed by atoms with Crippen LogP contribution in [0.15, 0.2) is 97.1 Å². The second-order valence-corrected chi connectivity index (χ2v) is 9.88. The molecule has 0 amide bonds. The van der Waals surface area contributed by atoms with Crippen molar-refractivity contribution >= 4 is 29.3 Å². The van der Waals surface area contributed by atoms with E-state index in [1.807, 2.05) is 0 Å². The van der Waals surface area contributed by atoms with Crippen LogP contribution < -0.4 is 29.2 Å². The Balaban J connectivity index is 0.000000514. The first-order valence-electron chi connectivity index (χ1n) is 9.25. The molecule has 1 radical (unpaired) electrons. The van der Waals surface area contributed by atoms with Crippen molar-refractivity contribution in [3.63, 3.8) is 0 Å². The topological polar surface area (TPSA) is 92.2 Å². The fraction of sp³-hybridized carbons (Fsp3) is 0.0833. The average molecular weight is 545 g/mol. The van der Waals surface area contributed by atoms with Gasteiger partial charge in [0.2, 0.25) is 0 Å². The molecular weight excluding hydrogens is 525 g/mol. The normalized spacial score (nSPS) is 11.9. The molecule has 0 N–H and O–H groups in total. The number of hydrogen-bond acceptors (Lipinski definition) is 4. The molecule has 0 aliphatic carbocycles. The van der Waals surface area contributed by atoms with Crippen molar-refractivity contribution in [1.29, 1.82) is 0 Å². The minimum atomic E-state index is -4.94. The van der Waals surface area contributed by atoms with Crippen LogP contribution >= 0.6 is 7.92 Å². The molecule has 4 nitrogen and oxygen atoms in total. The van der Waals surface area contributed by atoms with Gasteiger partial charge in [-0.2, -0.15) is 0 Å². The molecule has 0 aliphatic heterocycles. The van der Waals surface area contributed by atoms with Crippen LogP contribution in [0.25, 0.3) is 10.8 Å². The summed E-state index contributed by atoms with van der Waals surface area (Å²) in [6, 6.07) is 38.2. The Morgan fingerprint density at radius 3 is 1.68 bits per heavy atom. The van der Waals surface area contributed by atoms with Crippen LogP contribution in [0.3, 0.4) is 0 Å². The third-order valence-corrected chi connectivity index (χ3v) is 7.37. The van der Waals surface area contributed by atoms with Crippen molar-refractivity contribution in [1.82, 2.24) is 0 Å². The summed E-state index contributed by atoms with van der Waals surface area (Å²) < 4.78 is 34.0. The summed E-state index contributed by atoms with van der Waals surface area (Å²) in [5.74, 6) is 0. The molecule has 7 heteroatoms. The first kappa shape index (κ1) is 25.6. The van der Waals surface area contributed by atoms with E-state index in [0.29, 0.717) is 5.66 Å². The van der Waals surface area contributed by atoms with Gasteiger partial charge in [-0.15, -0.1) is 10.2 Å². The molecule has 0 saturated carbocycles. The van der Waals surface area contributed by atoms with Gasteiger partial charge >= 0.3 is 0 Å². The van der Waals surface area contributed by atoms with Gasteiger partial charge in [-0.05, 0) is 40.9 Å². The smallest absolute Gasteiger partial charge is 0.0106 e. The second-order valence-electron chi connectivity index (χ2n) is 6.57. The largest absolute Gasteiger partial charge is 0.222 e. The third kappa shape index (κ3) is 7.47. The molecular formula is C24H20ClO4PPd-. The average Bonchev–Trinajstić information content (AvgIpc) is 2.74. The van der Waals surface area contributed by atoms with E-state index < -0.39 is 18.2 Å². The Hall–Kier alpha value is -1.64. The van der Waals surface area contributed by atoms with Gasteiger partial charge in [0.1, 0.15) is 0 Å². The minimum Gasteiger partial charge on any atom is -0.222 e. The second kappa shape index (κ2) is 11.8. The Kier molecular flexibility index (Phi) is 9.78. The van der Waals surface area contributed by atoms with E-state index in [9.17, 15) is 0 Å². The molecule has 31 heavy (non-hydrogen) atoms. The van der Waals surface area contributed by atoms with E-state index >= 15 is 0 Å². The Labute approximate surface area is 199 Å². The van der Waals surface area contributed by atoms with Gasteiger partial charge in [0, 0.05) is 26.1 Å². The predicted octanol–water partition coefficient (Wildman–Crippen LogP) is 1.08. The maximum absolute atomic E-state index is 8.49. The maximum Gasteiger partial charge on any atom is 0.0106 e. The predicted molar refractivity (Wildman–Crippen MR) is 110 cm³/mol. The molecule has 0 heterocycles. The van der Waals surface area contributed by atoms with Gasteiger partial charge in [-0.3, -0.25) is 0 Å². The van der Waals surface area contributed by atoms with E-state index in [1.54, 1.807) is 0 Å². The Morgan fingerprint density at radius 1 is 0.710 bits per heavy atom. The van der Waals surface area contributed by atoms with E-state index in [-0.39, 0.29) is 20.4 Å². The molecule has 1 atom stereocenters. The van der Waals surface area contributed by atoms with Crippen molar-refractivity contribution in [2.45, 2.75) is 12.6 Å². The van der Waals surface area contributed by atoms with Crippen LogP contribution in [0.2, 0.25) is 0 Å². The standard InChI is InChI=1S/C24H20P.ClHO4.Pd/c1-19(23-18-10-12-20-11-8-9-17-24(20)23)25(21-13-4-2-5-14-21)22-15-6-3-7-16-22;2-1(3,4)5;/h2-17,19H,1H3;(H,2,3,4,5);/p-1/t19-;;/m0../s1. The monoisotopic (exact) mass is 544 g/mol. The van der Waals surface area contributed by atoms with E-state index in [0.717, 1.165) is 0 Å². The number of fused-ring (bicyclic) bond motifs is 1. The summed E-state index contributed by atoms with van der Waals surface area (Å²) in [6.07, 6.45) is 0. The molecule has 0 bridgehead atoms. The SMILES string of the molecule is C[C@@H](c1[c]ccc2ccccc12)P(c1ccccc1)c1ccccc1.[O-][Cl+3]([O-])([O-])[O-].[Pd]. The fourth-order valence-electron chi connectivity index (χ4n) is 3.43. The molecule has 0 fully saturated rings. The molecule has 4 rings (SSSR count). The van der Waals surface area contributed by atoms with Crippen LogP contribution in [0.1, 0.15) is 18.1 Å². The van der Waals surface area contributed by atoms with E-state index in [1.165, 1.54) is 26.9 Å². The van der Waals surface area contributed by atoms with Gasteiger partial charge in [0.05, 0.1) is 0 Å². The van der Waals surface area contributed by atoms with Gasteiger partial charge < -0.3 is 0 Å². The van der Waals surface area contributed by atoms with Gasteiger partial charge in [0.25, 0.3) is 0 Å². The van der Waals surface area contributed by atoms with Crippen LogP contribution in [0.4, 0.5) is 0 Å². The van der Waals surface area contributed by atoms with Gasteiger partial charge in [-0.25, -0.2) is 18.6 Å². The fourth-order valence-corrected chi connectivity index (χ4v) is 6.09. The van der Waals surface area contributed by atoms with E-state index in [4.69, 9.17) is 18.6 Å². The maximum atomic E-state index is 8.49. The van der Waals surface area contributed by atoms with Gasteiger partial charge in [-0.1, -0.05) is 104 Å². The van der Waals surface area contributed by atoms with Crippen LogP contribution in [-0.4, -0.2) is 0 Å². The summed E-state index contributed by atoms with van der Waals surface area (Å²) in [7, 11) is -5.44. The summed E-state index contributed by atoms with van der Waals surface area (Å²) in [5, 5.41) is 5.44. The number of benzene rings is 4. The van der Waals surface area contributed by atoms with Crippen LogP contribution in [-0.2, 0) is 20.4 Å². The first-order valence-corrected chi connectivity index (χ1v) is 11.9. The summed E-state index contributed by atoms with van der Waals surface area (Å²) >= 11 is 0. The summed E-state index contributed by atoms with van der Waals surface area (Å²) in [4.78, 5) is 0. The number of rotatable bonds is 4. The number of hydrogen-bond donors (Lipinski definition) is 0. The van der Waals surface area contributed by atoms with Crippen molar-refractivity contribution in [3.8, 4) is 0 Å². The molecule has 163 valence electrons. The summed E-state index contributed by atoms with van der Waals surface area (Å²) in [6.45, 7) is 2.35. The van der Waals surface area contributed by atoms with Crippen molar-refractivity contribution in [3.05, 3.63) is 109 Å². The van der Waals surface area contributed by atoms with Crippen LogP contribution in [0, 0.1) is 16.3 Å². The van der Waals surface area contributed by atoms with Crippen molar-refractivity contribution < 1.29 is 49.3 Å². The van der Waals surface area contributed by atoms with Crippen molar-refractivity contribution in [2.24, 2.45) is 0 Å². The van der Waals surface area contributed by atoms with Gasteiger partial charge in [0.15, 0.2) is 0 Å². The zero-order chi connectivity index (χ0) is 21.6. The Bertz CT molecular complexity index is 1020.